The van der Waals surface area contributed by atoms with Gasteiger partial charge in [0.25, 0.3) is 5.91 Å². The van der Waals surface area contributed by atoms with Crippen LogP contribution in [0.4, 0.5) is 5.82 Å². The van der Waals surface area contributed by atoms with Crippen LogP contribution in [0, 0.1) is 8.99 Å². The minimum absolute atomic E-state index is 0.0455. The Kier molecular flexibility index (Phi) is 6.39. The lowest BCUT2D eigenvalue weighted by Gasteiger charge is -2.38. The Morgan fingerprint density at radius 1 is 1.18 bits per heavy atom. The Hall–Kier alpha value is -2.70. The Bertz CT molecular complexity index is 1420. The van der Waals surface area contributed by atoms with Crippen molar-refractivity contribution in [1.82, 2.24) is 14.9 Å². The van der Waals surface area contributed by atoms with Gasteiger partial charge in [-0.1, -0.05) is 12.1 Å². The predicted octanol–water partition coefficient (Wildman–Crippen LogP) is 3.60. The third kappa shape index (κ3) is 4.77. The molecular formula is C28H31IN4O5. The van der Waals surface area contributed by atoms with Crippen LogP contribution in [0.1, 0.15) is 54.2 Å². The molecule has 0 spiro atoms. The number of hydrogen-bond acceptors (Lipinski definition) is 8. The Morgan fingerprint density at radius 3 is 2.74 bits per heavy atom. The van der Waals surface area contributed by atoms with Crippen molar-refractivity contribution in [2.45, 2.75) is 51.3 Å². The molecule has 1 aliphatic carbocycles. The smallest absolute Gasteiger partial charge is 0.318 e. The molecule has 1 amide bonds. The van der Waals surface area contributed by atoms with Gasteiger partial charge in [0.15, 0.2) is 0 Å². The molecule has 3 N–H and O–H groups in total. The molecule has 0 radical (unpaired) electrons. The van der Waals surface area contributed by atoms with Crippen LogP contribution in [0.25, 0.3) is 10.8 Å². The lowest BCUT2D eigenvalue weighted by molar-refractivity contribution is 0.0445. The first-order valence-corrected chi connectivity index (χ1v) is 14.1. The van der Waals surface area contributed by atoms with Gasteiger partial charge in [0, 0.05) is 33.0 Å². The summed E-state index contributed by atoms with van der Waals surface area (Å²) in [6.45, 7) is 4.03. The molecule has 1 saturated carbocycles. The zero-order valence-electron chi connectivity index (χ0n) is 21.3. The maximum absolute atomic E-state index is 13.9. The van der Waals surface area contributed by atoms with Crippen LogP contribution in [0.5, 0.6) is 11.8 Å². The average molecular weight is 630 g/mol. The Balaban J connectivity index is 1.35. The number of phenolic OH excluding ortho intramolecular Hbond substituents is 1. The number of nitrogens with zero attached hydrogens (tertiary/aromatic N) is 4. The van der Waals surface area contributed by atoms with Crippen molar-refractivity contribution >= 4 is 45.1 Å². The summed E-state index contributed by atoms with van der Waals surface area (Å²) in [5.41, 5.74) is 0.968. The monoisotopic (exact) mass is 630 g/mol. The summed E-state index contributed by atoms with van der Waals surface area (Å²) in [5, 5.41) is 32.5. The number of piperidine rings is 1. The van der Waals surface area contributed by atoms with Crippen molar-refractivity contribution in [3.8, 4) is 11.8 Å². The summed E-state index contributed by atoms with van der Waals surface area (Å²) in [5.74, 6) is 0.540. The van der Waals surface area contributed by atoms with E-state index in [1.165, 1.54) is 6.07 Å². The maximum Gasteiger partial charge on any atom is 0.318 e. The van der Waals surface area contributed by atoms with E-state index in [9.17, 15) is 20.1 Å². The van der Waals surface area contributed by atoms with Gasteiger partial charge in [0.1, 0.15) is 11.6 Å². The third-order valence-corrected chi connectivity index (χ3v) is 8.84. The summed E-state index contributed by atoms with van der Waals surface area (Å²) in [6.07, 6.45) is 3.36. The van der Waals surface area contributed by atoms with E-state index in [0.29, 0.717) is 37.5 Å². The van der Waals surface area contributed by atoms with Gasteiger partial charge in [0.05, 0.1) is 43.2 Å². The molecule has 2 fully saturated rings. The van der Waals surface area contributed by atoms with E-state index in [0.717, 1.165) is 51.4 Å². The maximum atomic E-state index is 13.9. The number of carbonyl (C=O) groups excluding carboxylic acids is 1. The summed E-state index contributed by atoms with van der Waals surface area (Å²) < 4.78 is 6.93. The number of hydrogen-bond donors (Lipinski definition) is 3. The zero-order chi connectivity index (χ0) is 26.7. The quantitative estimate of drug-likeness (QED) is 0.354. The number of anilines is 1. The second kappa shape index (κ2) is 9.49. The largest absolute Gasteiger partial charge is 0.508 e. The number of phenols is 1. The van der Waals surface area contributed by atoms with Crippen LogP contribution in [-0.4, -0.2) is 68.0 Å². The van der Waals surface area contributed by atoms with Crippen LogP contribution >= 0.6 is 22.6 Å². The van der Waals surface area contributed by atoms with Crippen LogP contribution in [0.15, 0.2) is 30.3 Å². The molecule has 38 heavy (non-hydrogen) atoms. The number of aromatic nitrogens is 2. The normalized spacial score (nSPS) is 22.0. The Morgan fingerprint density at radius 2 is 2.00 bits per heavy atom. The van der Waals surface area contributed by atoms with Crippen molar-refractivity contribution in [3.05, 3.63) is 50.7 Å². The molecule has 3 heterocycles. The number of aliphatic hydroxyl groups excluding tert-OH is 1. The predicted molar refractivity (Wildman–Crippen MR) is 150 cm³/mol. The second-order valence-corrected chi connectivity index (χ2v) is 12.4. The molecule has 1 atom stereocenters. The van der Waals surface area contributed by atoms with E-state index in [1.54, 1.807) is 11.0 Å². The number of fused-ring (bicyclic) bond motifs is 2. The fraction of sp³-hybridized carbons (Fsp3) is 0.464. The van der Waals surface area contributed by atoms with E-state index in [2.05, 4.69) is 32.5 Å². The topological polar surface area (TPSA) is 119 Å². The number of benzene rings is 2. The van der Waals surface area contributed by atoms with Crippen LogP contribution in [0.2, 0.25) is 0 Å². The molecule has 200 valence electrons. The van der Waals surface area contributed by atoms with E-state index >= 15 is 0 Å². The van der Waals surface area contributed by atoms with Crippen molar-refractivity contribution in [2.24, 2.45) is 5.41 Å². The number of β-amino-alcohol motifs (C(OH)–C–C–N with tert-alkyl or cyclic N) is 1. The highest BCUT2D eigenvalue weighted by molar-refractivity contribution is 14.1. The van der Waals surface area contributed by atoms with E-state index < -0.39 is 5.60 Å². The fourth-order valence-corrected chi connectivity index (χ4v) is 6.34. The molecular weight excluding hydrogens is 599 g/mol. The van der Waals surface area contributed by atoms with Gasteiger partial charge in [-0.15, -0.1) is 0 Å². The highest BCUT2D eigenvalue weighted by Gasteiger charge is 2.43. The summed E-state index contributed by atoms with van der Waals surface area (Å²) in [4.78, 5) is 27.1. The molecule has 3 aromatic rings. The number of ether oxygens (including phenoxy) is 1. The van der Waals surface area contributed by atoms with Gasteiger partial charge in [-0.2, -0.15) is 9.97 Å². The van der Waals surface area contributed by atoms with Crippen molar-refractivity contribution in [1.29, 1.82) is 0 Å². The molecule has 1 aromatic heterocycles. The van der Waals surface area contributed by atoms with E-state index in [1.807, 2.05) is 25.1 Å². The highest BCUT2D eigenvalue weighted by Crippen LogP contribution is 2.45. The highest BCUT2D eigenvalue weighted by atomic mass is 127. The van der Waals surface area contributed by atoms with Crippen molar-refractivity contribution in [3.63, 3.8) is 0 Å². The summed E-state index contributed by atoms with van der Waals surface area (Å²) in [7, 11) is 0. The van der Waals surface area contributed by atoms with Gasteiger partial charge in [-0.3, -0.25) is 4.79 Å². The van der Waals surface area contributed by atoms with Crippen LogP contribution < -0.4 is 9.64 Å². The van der Waals surface area contributed by atoms with Gasteiger partial charge in [-0.25, -0.2) is 0 Å². The summed E-state index contributed by atoms with van der Waals surface area (Å²) in [6, 6.07) is 9.17. The Labute approximate surface area is 234 Å². The SMILES string of the molecule is C[C@@]1(O)CCCN(c2nc(OCC3(CO)CC3)nc3c2CN(C(=O)c2cc(O)cc4cccc(I)c24)C3)C1. The molecule has 0 bridgehead atoms. The van der Waals surface area contributed by atoms with Crippen molar-refractivity contribution in [2.75, 3.05) is 31.2 Å². The minimum atomic E-state index is -0.836. The third-order valence-electron chi connectivity index (χ3n) is 7.94. The van der Waals surface area contributed by atoms with Crippen LogP contribution in [0.3, 0.4) is 0 Å². The van der Waals surface area contributed by atoms with Crippen molar-refractivity contribution < 1.29 is 24.9 Å². The number of amides is 1. The second-order valence-electron chi connectivity index (χ2n) is 11.2. The standard InChI is InChI=1S/C28H31IN4O5/c1-27(37)6-3-9-32(14-27)24-20-12-33(13-22(20)30-26(31-24)38-16-28(15-34)7-8-28)25(36)19-11-18(35)10-17-4-2-5-21(29)23(17)19/h2,4-5,10-11,34-35,37H,3,6-9,12-16H2,1H3/t27-/m1/s1. The number of carbonyl (C=O) groups is 1. The molecule has 2 aliphatic heterocycles. The molecule has 6 rings (SSSR count). The number of aromatic hydroxyl groups is 1. The molecule has 1 saturated heterocycles. The van der Waals surface area contributed by atoms with Gasteiger partial charge >= 0.3 is 6.01 Å². The van der Waals surface area contributed by atoms with E-state index in [-0.39, 0.29) is 36.2 Å². The van der Waals surface area contributed by atoms with Gasteiger partial charge in [-0.05, 0) is 78.8 Å². The number of aliphatic hydroxyl groups is 2. The molecule has 10 heteroatoms. The molecule has 9 nitrogen and oxygen atoms in total. The first kappa shape index (κ1) is 25.6. The van der Waals surface area contributed by atoms with Crippen LogP contribution in [-0.2, 0) is 13.1 Å². The first-order chi connectivity index (χ1) is 18.2. The number of rotatable bonds is 6. The van der Waals surface area contributed by atoms with Gasteiger partial charge in [0.2, 0.25) is 0 Å². The van der Waals surface area contributed by atoms with E-state index in [4.69, 9.17) is 9.72 Å². The summed E-state index contributed by atoms with van der Waals surface area (Å²) >= 11 is 2.22. The number of halogens is 1. The molecule has 2 aromatic carbocycles. The van der Waals surface area contributed by atoms with Gasteiger partial charge < -0.3 is 29.9 Å². The fourth-order valence-electron chi connectivity index (χ4n) is 5.53. The lowest BCUT2D eigenvalue weighted by Crippen LogP contribution is -2.47. The average Bonchev–Trinajstić information content (AvgIpc) is 3.54. The minimum Gasteiger partial charge on any atom is -0.508 e. The molecule has 0 unspecified atom stereocenters. The first-order valence-electron chi connectivity index (χ1n) is 13.0. The zero-order valence-corrected chi connectivity index (χ0v) is 23.4. The lowest BCUT2D eigenvalue weighted by atomic mass is 9.95. The molecule has 3 aliphatic rings.